The van der Waals surface area contributed by atoms with Crippen LogP contribution in [0.1, 0.15) is 62.3 Å². The molecule has 1 nitrogen and oxygen atoms in total. The zero-order chi connectivity index (χ0) is 14.7. The molecule has 3 rings (SSSR count). The second-order valence-electron chi connectivity index (χ2n) is 7.60. The highest BCUT2D eigenvalue weighted by atomic mass is 19.3. The van der Waals surface area contributed by atoms with Gasteiger partial charge in [-0.15, -0.1) is 0 Å². The van der Waals surface area contributed by atoms with Gasteiger partial charge in [0.15, 0.2) is 0 Å². The fraction of sp³-hybridized carbons (Fsp3) is 0.647. The first-order valence-corrected chi connectivity index (χ1v) is 7.37. The maximum Gasteiger partial charge on any atom is 0.264 e. The Morgan fingerprint density at radius 1 is 1.20 bits per heavy atom. The van der Waals surface area contributed by atoms with Gasteiger partial charge in [-0.05, 0) is 48.1 Å². The van der Waals surface area contributed by atoms with Crippen LogP contribution in [0.3, 0.4) is 0 Å². The van der Waals surface area contributed by atoms with Crippen molar-refractivity contribution in [1.29, 1.82) is 0 Å². The van der Waals surface area contributed by atoms with Gasteiger partial charge in [-0.25, -0.2) is 8.78 Å². The molecule has 0 aromatic heterocycles. The van der Waals surface area contributed by atoms with Crippen LogP contribution in [0.4, 0.5) is 8.78 Å². The average Bonchev–Trinajstić information content (AvgIpc) is 3.05. The van der Waals surface area contributed by atoms with E-state index in [1.165, 1.54) is 0 Å². The van der Waals surface area contributed by atoms with Crippen LogP contribution in [-0.2, 0) is 17.4 Å². The molecule has 1 aromatic rings. The van der Waals surface area contributed by atoms with Gasteiger partial charge in [-0.2, -0.15) is 0 Å². The molecule has 1 aliphatic heterocycles. The molecule has 0 amide bonds. The fourth-order valence-corrected chi connectivity index (χ4v) is 3.60. The summed E-state index contributed by atoms with van der Waals surface area (Å²) in [4.78, 5) is 2.27. The van der Waals surface area contributed by atoms with E-state index in [1.807, 2.05) is 0 Å². The van der Waals surface area contributed by atoms with Crippen LogP contribution in [0.15, 0.2) is 12.1 Å². The summed E-state index contributed by atoms with van der Waals surface area (Å²) in [7, 11) is 2.09. The van der Waals surface area contributed by atoms with Gasteiger partial charge in [-0.1, -0.05) is 26.8 Å². The van der Waals surface area contributed by atoms with Gasteiger partial charge in [0.1, 0.15) is 0 Å². The lowest BCUT2D eigenvalue weighted by molar-refractivity contribution is 0.146. The molecular weight excluding hydrogens is 256 g/mol. The number of fused-ring (bicyclic) bond motifs is 2. The average molecular weight is 279 g/mol. The van der Waals surface area contributed by atoms with Crippen LogP contribution in [0.5, 0.6) is 0 Å². The van der Waals surface area contributed by atoms with Crippen LogP contribution in [0.2, 0.25) is 0 Å². The molecule has 0 unspecified atom stereocenters. The van der Waals surface area contributed by atoms with Crippen molar-refractivity contribution in [3.8, 4) is 0 Å². The summed E-state index contributed by atoms with van der Waals surface area (Å²) in [6, 6.07) is 3.92. The quantitative estimate of drug-likeness (QED) is 0.736. The first-order chi connectivity index (χ1) is 9.23. The van der Waals surface area contributed by atoms with Gasteiger partial charge in [0.05, 0.1) is 0 Å². The molecule has 3 heteroatoms. The van der Waals surface area contributed by atoms with Crippen molar-refractivity contribution < 1.29 is 8.78 Å². The van der Waals surface area contributed by atoms with E-state index in [4.69, 9.17) is 0 Å². The van der Waals surface area contributed by atoms with Crippen LogP contribution in [0.25, 0.3) is 0 Å². The molecule has 110 valence electrons. The smallest absolute Gasteiger partial charge is 0.264 e. The summed E-state index contributed by atoms with van der Waals surface area (Å²) >= 11 is 0. The number of halogens is 2. The summed E-state index contributed by atoms with van der Waals surface area (Å²) in [5, 5.41) is 0. The van der Waals surface area contributed by atoms with E-state index in [2.05, 4.69) is 38.8 Å². The van der Waals surface area contributed by atoms with Gasteiger partial charge in [0.25, 0.3) is 6.43 Å². The largest absolute Gasteiger partial charge is 0.301 e. The summed E-state index contributed by atoms with van der Waals surface area (Å²) in [6.07, 6.45) is -0.260. The van der Waals surface area contributed by atoms with Gasteiger partial charge in [0.2, 0.25) is 0 Å². The first-order valence-electron chi connectivity index (χ1n) is 7.37. The first kappa shape index (κ1) is 14.0. The van der Waals surface area contributed by atoms with Gasteiger partial charge < -0.3 is 4.90 Å². The van der Waals surface area contributed by atoms with Crippen LogP contribution >= 0.6 is 0 Å². The Hall–Kier alpha value is -0.960. The third-order valence-corrected chi connectivity index (χ3v) is 4.75. The van der Waals surface area contributed by atoms with Crippen LogP contribution in [-0.4, -0.2) is 18.5 Å². The molecule has 2 aliphatic rings. The second-order valence-corrected chi connectivity index (χ2v) is 7.60. The van der Waals surface area contributed by atoms with Gasteiger partial charge >= 0.3 is 0 Å². The van der Waals surface area contributed by atoms with Gasteiger partial charge in [-0.3, -0.25) is 0 Å². The summed E-state index contributed by atoms with van der Waals surface area (Å²) in [6.45, 7) is 7.98. The molecule has 1 aromatic carbocycles. The van der Waals surface area contributed by atoms with E-state index in [-0.39, 0.29) is 16.4 Å². The number of nitrogens with zero attached hydrogens (tertiary/aromatic N) is 1. The molecule has 0 radical (unpaired) electrons. The molecule has 1 heterocycles. The lowest BCUT2D eigenvalue weighted by Crippen LogP contribution is -2.36. The lowest BCUT2D eigenvalue weighted by Gasteiger charge is -2.36. The molecule has 1 aliphatic carbocycles. The molecule has 1 saturated carbocycles. The number of benzene rings is 1. The van der Waals surface area contributed by atoms with Crippen molar-refractivity contribution >= 4 is 0 Å². The maximum absolute atomic E-state index is 13.6. The second kappa shape index (κ2) is 4.27. The number of alkyl halides is 2. The molecule has 0 N–H and O–H groups in total. The van der Waals surface area contributed by atoms with E-state index >= 15 is 0 Å². The molecule has 0 saturated heterocycles. The predicted molar refractivity (Wildman–Crippen MR) is 77.3 cm³/mol. The Bertz CT molecular complexity index is 539. The minimum absolute atomic E-state index is 0.0184. The van der Waals surface area contributed by atoms with Crippen molar-refractivity contribution in [1.82, 2.24) is 4.90 Å². The highest BCUT2D eigenvalue weighted by molar-refractivity contribution is 5.50. The van der Waals surface area contributed by atoms with Crippen LogP contribution in [0, 0.1) is 0 Å². The molecule has 0 atom stereocenters. The Kier molecular flexibility index (Phi) is 2.99. The number of likely N-dealkylation sites (N-methyl/N-ethyl adjacent to an activating group) is 1. The van der Waals surface area contributed by atoms with Gasteiger partial charge in [0, 0.05) is 24.1 Å². The molecule has 1 fully saturated rings. The lowest BCUT2D eigenvalue weighted by atomic mass is 9.78. The minimum atomic E-state index is -2.37. The highest BCUT2D eigenvalue weighted by Crippen LogP contribution is 2.55. The van der Waals surface area contributed by atoms with Crippen molar-refractivity contribution in [2.45, 2.75) is 57.4 Å². The van der Waals surface area contributed by atoms with E-state index in [1.54, 1.807) is 6.07 Å². The molecular formula is C17H23F2N. The zero-order valence-electron chi connectivity index (χ0n) is 12.8. The summed E-state index contributed by atoms with van der Waals surface area (Å²) in [5.41, 5.74) is 3.34. The Morgan fingerprint density at radius 3 is 2.35 bits per heavy atom. The predicted octanol–water partition coefficient (Wildman–Crippen LogP) is 4.40. The number of rotatable bonds is 1. The normalized spacial score (nSPS) is 21.4. The third kappa shape index (κ3) is 2.16. The van der Waals surface area contributed by atoms with Crippen LogP contribution < -0.4 is 0 Å². The topological polar surface area (TPSA) is 3.24 Å². The minimum Gasteiger partial charge on any atom is -0.301 e. The van der Waals surface area contributed by atoms with E-state index in [0.717, 1.165) is 42.6 Å². The molecule has 0 bridgehead atoms. The molecule has 20 heavy (non-hydrogen) atoms. The highest BCUT2D eigenvalue weighted by Gasteiger charge is 2.50. The zero-order valence-corrected chi connectivity index (χ0v) is 12.8. The third-order valence-electron chi connectivity index (χ3n) is 4.75. The van der Waals surface area contributed by atoms with E-state index < -0.39 is 6.43 Å². The van der Waals surface area contributed by atoms with E-state index in [0.29, 0.717) is 0 Å². The summed E-state index contributed by atoms with van der Waals surface area (Å²) < 4.78 is 27.2. The fourth-order valence-electron chi connectivity index (χ4n) is 3.60. The van der Waals surface area contributed by atoms with Crippen molar-refractivity contribution in [3.05, 3.63) is 34.4 Å². The Morgan fingerprint density at radius 2 is 1.85 bits per heavy atom. The monoisotopic (exact) mass is 279 g/mol. The standard InChI is InChI=1S/C17H23F2N/c1-16(2,3)12-7-11-9-20(4)10-17(5-6-17)14(11)13(8-12)15(18)19/h7-8,15H,5-6,9-10H2,1-4H3. The van der Waals surface area contributed by atoms with Crippen molar-refractivity contribution in [3.63, 3.8) is 0 Å². The maximum atomic E-state index is 13.6. The number of hydrogen-bond acceptors (Lipinski definition) is 1. The number of hydrogen-bond donors (Lipinski definition) is 0. The molecule has 1 spiro atoms. The van der Waals surface area contributed by atoms with Crippen molar-refractivity contribution in [2.24, 2.45) is 0 Å². The Balaban J connectivity index is 2.21. The van der Waals surface area contributed by atoms with E-state index in [9.17, 15) is 8.78 Å². The Labute approximate surface area is 120 Å². The summed E-state index contributed by atoms with van der Waals surface area (Å²) in [5.74, 6) is 0. The SMILES string of the molecule is CN1Cc2cc(C(C)(C)C)cc(C(F)F)c2C2(CC2)C1. The van der Waals surface area contributed by atoms with Crippen molar-refractivity contribution in [2.75, 3.05) is 13.6 Å².